The van der Waals surface area contributed by atoms with E-state index in [1.165, 1.54) is 22.2 Å². The quantitative estimate of drug-likeness (QED) is 0.714. The fraction of sp³-hybridized carbons (Fsp3) is 0.733. The van der Waals surface area contributed by atoms with E-state index in [2.05, 4.69) is 65.4 Å². The molecule has 19 heavy (non-hydrogen) atoms. The van der Waals surface area contributed by atoms with Crippen molar-refractivity contribution in [3.8, 4) is 0 Å². The SMILES string of the molecule is CCCC(C)(CNCC)CN(C)Cc1cc(Br)cs1. The Bertz CT molecular complexity index is 367. The van der Waals surface area contributed by atoms with Gasteiger partial charge in [0.05, 0.1) is 0 Å². The van der Waals surface area contributed by atoms with Crippen LogP contribution in [-0.2, 0) is 6.54 Å². The summed E-state index contributed by atoms with van der Waals surface area (Å²) in [6, 6.07) is 2.22. The van der Waals surface area contributed by atoms with Gasteiger partial charge < -0.3 is 10.2 Å². The minimum absolute atomic E-state index is 0.369. The molecular weight excluding hydrogens is 320 g/mol. The summed E-state index contributed by atoms with van der Waals surface area (Å²) in [5.41, 5.74) is 0.369. The van der Waals surface area contributed by atoms with E-state index in [9.17, 15) is 0 Å². The van der Waals surface area contributed by atoms with E-state index in [0.717, 1.165) is 26.2 Å². The summed E-state index contributed by atoms with van der Waals surface area (Å²) in [6.07, 6.45) is 2.53. The zero-order chi connectivity index (χ0) is 14.3. The predicted molar refractivity (Wildman–Crippen MR) is 89.9 cm³/mol. The minimum Gasteiger partial charge on any atom is -0.316 e. The maximum absolute atomic E-state index is 3.52. The molecule has 0 aliphatic rings. The van der Waals surface area contributed by atoms with Crippen LogP contribution in [0, 0.1) is 5.41 Å². The van der Waals surface area contributed by atoms with Crippen LogP contribution in [0.3, 0.4) is 0 Å². The lowest BCUT2D eigenvalue weighted by Gasteiger charge is -2.34. The van der Waals surface area contributed by atoms with E-state index in [-0.39, 0.29) is 0 Å². The number of hydrogen-bond donors (Lipinski definition) is 1. The molecule has 1 aromatic heterocycles. The van der Waals surface area contributed by atoms with Crippen LogP contribution >= 0.6 is 27.3 Å². The fourth-order valence-corrected chi connectivity index (χ4v) is 4.19. The van der Waals surface area contributed by atoms with Gasteiger partial charge in [-0.05, 0) is 47.4 Å². The van der Waals surface area contributed by atoms with Crippen molar-refractivity contribution in [1.29, 1.82) is 0 Å². The molecule has 2 nitrogen and oxygen atoms in total. The average molecular weight is 347 g/mol. The van der Waals surface area contributed by atoms with Crippen molar-refractivity contribution in [1.82, 2.24) is 10.2 Å². The van der Waals surface area contributed by atoms with E-state index in [0.29, 0.717) is 5.41 Å². The van der Waals surface area contributed by atoms with Crippen LogP contribution in [0.2, 0.25) is 0 Å². The van der Waals surface area contributed by atoms with E-state index < -0.39 is 0 Å². The van der Waals surface area contributed by atoms with Crippen LogP contribution < -0.4 is 5.32 Å². The van der Waals surface area contributed by atoms with Crippen LogP contribution in [0.15, 0.2) is 15.9 Å². The Morgan fingerprint density at radius 3 is 2.68 bits per heavy atom. The second-order valence-electron chi connectivity index (χ2n) is 5.74. The Hall–Kier alpha value is 0.1000. The first-order valence-corrected chi connectivity index (χ1v) is 8.78. The highest BCUT2D eigenvalue weighted by atomic mass is 79.9. The van der Waals surface area contributed by atoms with E-state index in [4.69, 9.17) is 0 Å². The number of thiophene rings is 1. The monoisotopic (exact) mass is 346 g/mol. The van der Waals surface area contributed by atoms with Crippen LogP contribution in [0.4, 0.5) is 0 Å². The van der Waals surface area contributed by atoms with Gasteiger partial charge in [-0.15, -0.1) is 11.3 Å². The molecule has 1 rings (SSSR count). The molecule has 1 N–H and O–H groups in total. The molecule has 0 fully saturated rings. The lowest BCUT2D eigenvalue weighted by atomic mass is 9.85. The van der Waals surface area contributed by atoms with Gasteiger partial charge in [0.2, 0.25) is 0 Å². The molecule has 0 amide bonds. The number of nitrogens with zero attached hydrogens (tertiary/aromatic N) is 1. The van der Waals surface area contributed by atoms with Gasteiger partial charge in [0.1, 0.15) is 0 Å². The molecule has 0 saturated heterocycles. The normalized spacial score (nSPS) is 14.8. The van der Waals surface area contributed by atoms with Crippen LogP contribution in [0.5, 0.6) is 0 Å². The molecule has 110 valence electrons. The standard InChI is InChI=1S/C15H27BrN2S/c1-5-7-15(3,11-17-6-2)12-18(4)9-14-8-13(16)10-19-14/h8,10,17H,5-7,9,11-12H2,1-4H3. The highest BCUT2D eigenvalue weighted by molar-refractivity contribution is 9.10. The molecule has 1 heterocycles. The van der Waals surface area contributed by atoms with Crippen LogP contribution in [0.1, 0.15) is 38.5 Å². The number of hydrogen-bond acceptors (Lipinski definition) is 3. The Morgan fingerprint density at radius 2 is 2.16 bits per heavy atom. The zero-order valence-corrected chi connectivity index (χ0v) is 15.0. The van der Waals surface area contributed by atoms with Crippen molar-refractivity contribution in [2.75, 3.05) is 26.7 Å². The minimum atomic E-state index is 0.369. The van der Waals surface area contributed by atoms with Gasteiger partial charge in [0, 0.05) is 34.4 Å². The predicted octanol–water partition coefficient (Wildman–Crippen LogP) is 4.36. The molecular formula is C15H27BrN2S. The topological polar surface area (TPSA) is 15.3 Å². The number of rotatable bonds is 9. The van der Waals surface area contributed by atoms with Crippen LogP contribution in [-0.4, -0.2) is 31.6 Å². The molecule has 0 aromatic carbocycles. The summed E-state index contributed by atoms with van der Waals surface area (Å²) < 4.78 is 1.20. The first-order valence-electron chi connectivity index (χ1n) is 7.11. The second-order valence-corrected chi connectivity index (χ2v) is 7.66. The number of nitrogens with one attached hydrogen (secondary N) is 1. The molecule has 4 heteroatoms. The molecule has 1 atom stereocenters. The van der Waals surface area contributed by atoms with Crippen molar-refractivity contribution < 1.29 is 0 Å². The molecule has 0 aliphatic heterocycles. The summed E-state index contributed by atoms with van der Waals surface area (Å²) in [6.45, 7) is 11.2. The fourth-order valence-electron chi connectivity index (χ4n) is 2.66. The Labute approximate surface area is 130 Å². The highest BCUT2D eigenvalue weighted by Crippen LogP contribution is 2.26. The van der Waals surface area contributed by atoms with Crippen molar-refractivity contribution in [2.45, 2.75) is 40.2 Å². The summed E-state index contributed by atoms with van der Waals surface area (Å²) in [4.78, 5) is 3.88. The lowest BCUT2D eigenvalue weighted by molar-refractivity contribution is 0.170. The van der Waals surface area contributed by atoms with Gasteiger partial charge in [-0.1, -0.05) is 27.2 Å². The smallest absolute Gasteiger partial charge is 0.0325 e. The molecule has 1 aromatic rings. The van der Waals surface area contributed by atoms with E-state index in [1.54, 1.807) is 0 Å². The van der Waals surface area contributed by atoms with Gasteiger partial charge in [0.15, 0.2) is 0 Å². The Morgan fingerprint density at radius 1 is 1.42 bits per heavy atom. The van der Waals surface area contributed by atoms with E-state index in [1.807, 2.05) is 11.3 Å². The van der Waals surface area contributed by atoms with Gasteiger partial charge in [-0.25, -0.2) is 0 Å². The molecule has 1 unspecified atom stereocenters. The van der Waals surface area contributed by atoms with Crippen LogP contribution in [0.25, 0.3) is 0 Å². The van der Waals surface area contributed by atoms with Crippen molar-refractivity contribution in [3.63, 3.8) is 0 Å². The van der Waals surface area contributed by atoms with Gasteiger partial charge in [-0.3, -0.25) is 0 Å². The van der Waals surface area contributed by atoms with Gasteiger partial charge in [-0.2, -0.15) is 0 Å². The first kappa shape index (κ1) is 17.2. The first-order chi connectivity index (χ1) is 8.99. The molecule has 0 aliphatic carbocycles. The number of halogens is 1. The summed E-state index contributed by atoms with van der Waals surface area (Å²) in [5.74, 6) is 0. The summed E-state index contributed by atoms with van der Waals surface area (Å²) in [7, 11) is 2.23. The lowest BCUT2D eigenvalue weighted by Crippen LogP contribution is -2.40. The van der Waals surface area contributed by atoms with Crippen molar-refractivity contribution in [3.05, 3.63) is 20.8 Å². The van der Waals surface area contributed by atoms with Gasteiger partial charge >= 0.3 is 0 Å². The van der Waals surface area contributed by atoms with Crippen molar-refractivity contribution in [2.24, 2.45) is 5.41 Å². The van der Waals surface area contributed by atoms with E-state index >= 15 is 0 Å². The Kier molecular flexibility index (Phi) is 7.58. The second kappa shape index (κ2) is 8.40. The summed E-state index contributed by atoms with van der Waals surface area (Å²) in [5, 5.41) is 5.68. The van der Waals surface area contributed by atoms with Crippen molar-refractivity contribution >= 4 is 27.3 Å². The molecule has 0 saturated carbocycles. The van der Waals surface area contributed by atoms with Gasteiger partial charge in [0.25, 0.3) is 0 Å². The third kappa shape index (κ3) is 6.39. The molecule has 0 radical (unpaired) electrons. The average Bonchev–Trinajstić information content (AvgIpc) is 2.72. The molecule has 0 bridgehead atoms. The third-order valence-corrected chi connectivity index (χ3v) is 5.04. The Balaban J connectivity index is 2.52. The third-order valence-electron chi connectivity index (χ3n) is 3.35. The molecule has 0 spiro atoms. The highest BCUT2D eigenvalue weighted by Gasteiger charge is 2.24. The largest absolute Gasteiger partial charge is 0.316 e. The maximum Gasteiger partial charge on any atom is 0.0325 e. The summed E-state index contributed by atoms with van der Waals surface area (Å²) >= 11 is 5.36. The maximum atomic E-state index is 3.52. The zero-order valence-electron chi connectivity index (χ0n) is 12.6.